The number of benzene rings is 1. The van der Waals surface area contributed by atoms with Crippen LogP contribution < -0.4 is 15.6 Å². The summed E-state index contributed by atoms with van der Waals surface area (Å²) in [6, 6.07) is 11.5. The number of nitrogens with one attached hydrogen (secondary N) is 2. The second-order valence-corrected chi connectivity index (χ2v) is 18.7. The number of piperazine rings is 1. The van der Waals surface area contributed by atoms with Crippen molar-refractivity contribution < 1.29 is 19.1 Å². The van der Waals surface area contributed by atoms with Gasteiger partial charge in [0.05, 0.1) is 34.6 Å². The Labute approximate surface area is 338 Å². The number of ether oxygens (including phenoxy) is 1. The van der Waals surface area contributed by atoms with Gasteiger partial charge in [0.2, 0.25) is 5.91 Å². The predicted octanol–water partition coefficient (Wildman–Crippen LogP) is 5.14. The van der Waals surface area contributed by atoms with Gasteiger partial charge in [0.15, 0.2) is 0 Å². The van der Waals surface area contributed by atoms with E-state index in [1.165, 1.54) is 16.3 Å². The molecule has 1 saturated carbocycles. The highest BCUT2D eigenvalue weighted by molar-refractivity contribution is 7.10. The number of hydrazine groups is 1. The van der Waals surface area contributed by atoms with Gasteiger partial charge in [0.1, 0.15) is 23.4 Å². The third-order valence-electron chi connectivity index (χ3n) is 12.0. The Kier molecular flexibility index (Phi) is 10.4. The number of aromatic nitrogens is 3. The molecule has 8 rings (SSSR count). The number of thiazole rings is 1. The van der Waals surface area contributed by atoms with Crippen LogP contribution in [-0.4, -0.2) is 101 Å². The Morgan fingerprint density at radius 1 is 1.11 bits per heavy atom. The summed E-state index contributed by atoms with van der Waals surface area (Å²) in [5.74, 6) is 0.247. The molecule has 14 heteroatoms. The third-order valence-corrected chi connectivity index (χ3v) is 12.9. The van der Waals surface area contributed by atoms with E-state index < -0.39 is 29.0 Å². The molecule has 3 aromatic heterocycles. The molecule has 0 unspecified atom stereocenters. The molecule has 6 bridgehead atoms. The number of fused-ring (bicyclic) bond motifs is 6. The lowest BCUT2D eigenvalue weighted by atomic mass is 9.84. The molecule has 2 amide bonds. The number of nitriles is 1. The van der Waals surface area contributed by atoms with E-state index in [-0.39, 0.29) is 36.7 Å². The van der Waals surface area contributed by atoms with Gasteiger partial charge in [0.25, 0.3) is 5.91 Å². The van der Waals surface area contributed by atoms with Gasteiger partial charge in [-0.05, 0) is 82.3 Å². The van der Waals surface area contributed by atoms with E-state index in [2.05, 4.69) is 70.3 Å². The molecular weight excluding hydrogens is 739 g/mol. The molecular formula is C43H53N9O4S. The van der Waals surface area contributed by atoms with E-state index >= 15 is 0 Å². The van der Waals surface area contributed by atoms with Crippen molar-refractivity contribution in [3.05, 3.63) is 52.5 Å². The largest absolute Gasteiger partial charge is 0.464 e. The fourth-order valence-electron chi connectivity index (χ4n) is 8.48. The van der Waals surface area contributed by atoms with Crippen LogP contribution in [-0.2, 0) is 37.5 Å². The minimum absolute atomic E-state index is 0.104. The Balaban J connectivity index is 1.26. The van der Waals surface area contributed by atoms with Gasteiger partial charge in [-0.25, -0.2) is 15.4 Å². The number of pyridine rings is 1. The SMILES string of the molecule is C[C@H]1C[C@@H]1C(=O)N[C@H]1Cc2nc(cs2)-c2ccc3c(c2)c(c(-c2ccnc(N4CCN(C)CC4)c2)n3C(C)(C)C#N)CC(C)(C)COC(=O)[C@@H]2CCCN(N2)C1=O. The topological polar surface area (TPSA) is 149 Å². The number of nitrogens with zero attached hydrogens (tertiary/aromatic N) is 7. The van der Waals surface area contributed by atoms with Crippen LogP contribution in [0, 0.1) is 28.6 Å². The number of carbonyl (C=O) groups is 3. The van der Waals surface area contributed by atoms with E-state index in [4.69, 9.17) is 14.7 Å². The Bertz CT molecular complexity index is 2250. The zero-order chi connectivity index (χ0) is 40.2. The average molecular weight is 792 g/mol. The fraction of sp³-hybridized carbons (Fsp3) is 0.535. The number of esters is 1. The standard InChI is InChI=1S/C43H53N9O4S/c1-26-18-29(26)39(53)47-33-21-37-46-34(23-57-37)27-9-10-35-30(19-27)31(22-42(2,3)25-56-41(55)32-8-7-13-51(48-32)40(33)54)38(52(35)43(4,5)24-44)28-11-12-45-36(20-28)50-16-14-49(6)15-17-50/h9-12,19-20,23,26,29,32-33,48H,7-8,13-18,21-22,25H2,1-6H3,(H,47,53)/t26-,29-,32-,33-/m0/s1. The summed E-state index contributed by atoms with van der Waals surface area (Å²) in [4.78, 5) is 55.5. The van der Waals surface area contributed by atoms with Crippen LogP contribution >= 0.6 is 11.3 Å². The van der Waals surface area contributed by atoms with Crippen molar-refractivity contribution in [1.29, 1.82) is 5.26 Å². The molecule has 1 aromatic carbocycles. The first-order valence-electron chi connectivity index (χ1n) is 20.2. The summed E-state index contributed by atoms with van der Waals surface area (Å²) in [6.07, 6.45) is 4.57. The van der Waals surface area contributed by atoms with Crippen molar-refractivity contribution in [3.8, 4) is 28.6 Å². The van der Waals surface area contributed by atoms with Crippen molar-refractivity contribution in [3.63, 3.8) is 0 Å². The molecule has 57 heavy (non-hydrogen) atoms. The lowest BCUT2D eigenvalue weighted by Gasteiger charge is -2.35. The maximum Gasteiger partial charge on any atom is 0.324 e. The number of carbonyl (C=O) groups excluding carboxylic acids is 3. The molecule has 300 valence electrons. The highest BCUT2D eigenvalue weighted by Gasteiger charge is 2.42. The van der Waals surface area contributed by atoms with Crippen LogP contribution in [0.1, 0.15) is 64.5 Å². The van der Waals surface area contributed by atoms with Gasteiger partial charge >= 0.3 is 5.97 Å². The molecule has 4 aliphatic rings. The van der Waals surface area contributed by atoms with E-state index in [1.54, 1.807) is 0 Å². The maximum absolute atomic E-state index is 14.1. The number of anilines is 1. The van der Waals surface area contributed by atoms with Crippen LogP contribution in [0.4, 0.5) is 5.82 Å². The molecule has 0 radical (unpaired) electrons. The van der Waals surface area contributed by atoms with Crippen molar-refractivity contribution in [2.75, 3.05) is 51.3 Å². The highest BCUT2D eigenvalue weighted by atomic mass is 32.1. The molecule has 3 aliphatic heterocycles. The van der Waals surface area contributed by atoms with E-state index in [1.807, 2.05) is 44.5 Å². The zero-order valence-electron chi connectivity index (χ0n) is 33.8. The van der Waals surface area contributed by atoms with Crippen LogP contribution in [0.2, 0.25) is 0 Å². The van der Waals surface area contributed by atoms with Gasteiger partial charge in [-0.1, -0.05) is 26.8 Å². The van der Waals surface area contributed by atoms with Crippen LogP contribution in [0.15, 0.2) is 41.9 Å². The summed E-state index contributed by atoms with van der Waals surface area (Å²) < 4.78 is 8.24. The monoisotopic (exact) mass is 791 g/mol. The third kappa shape index (κ3) is 7.89. The second-order valence-electron chi connectivity index (χ2n) is 17.7. The number of hydrogen-bond acceptors (Lipinski definition) is 11. The number of hydrogen-bond donors (Lipinski definition) is 2. The molecule has 3 fully saturated rings. The first-order valence-corrected chi connectivity index (χ1v) is 21.1. The van der Waals surface area contributed by atoms with Gasteiger partial charge < -0.3 is 24.4 Å². The van der Waals surface area contributed by atoms with E-state index in [0.29, 0.717) is 25.8 Å². The molecule has 6 heterocycles. The molecule has 1 aliphatic carbocycles. The van der Waals surface area contributed by atoms with Crippen molar-refractivity contribution in [2.24, 2.45) is 17.3 Å². The van der Waals surface area contributed by atoms with Gasteiger partial charge in [-0.15, -0.1) is 11.3 Å². The Hall–Kier alpha value is -4.84. The highest BCUT2D eigenvalue weighted by Crippen LogP contribution is 2.43. The summed E-state index contributed by atoms with van der Waals surface area (Å²) in [5.41, 5.74) is 7.25. The van der Waals surface area contributed by atoms with Crippen molar-refractivity contribution >= 4 is 45.8 Å². The average Bonchev–Trinajstić information content (AvgIpc) is 3.61. The minimum Gasteiger partial charge on any atom is -0.464 e. The molecule has 4 atom stereocenters. The first-order chi connectivity index (χ1) is 27.2. The van der Waals surface area contributed by atoms with Crippen molar-refractivity contribution in [1.82, 2.24) is 35.2 Å². The van der Waals surface area contributed by atoms with Crippen LogP contribution in [0.5, 0.6) is 0 Å². The molecule has 13 nitrogen and oxygen atoms in total. The van der Waals surface area contributed by atoms with E-state index in [9.17, 15) is 19.6 Å². The predicted molar refractivity (Wildman–Crippen MR) is 220 cm³/mol. The minimum atomic E-state index is -0.924. The first kappa shape index (κ1) is 39.0. The second kappa shape index (κ2) is 15.2. The smallest absolute Gasteiger partial charge is 0.324 e. The van der Waals surface area contributed by atoms with Gasteiger partial charge in [-0.3, -0.25) is 19.4 Å². The number of likely N-dealkylation sites (N-methyl/N-ethyl adjacent to an activating group) is 1. The van der Waals surface area contributed by atoms with Gasteiger partial charge in [-0.2, -0.15) is 5.26 Å². The summed E-state index contributed by atoms with van der Waals surface area (Å²) in [7, 11) is 2.14. The molecule has 2 saturated heterocycles. The van der Waals surface area contributed by atoms with Crippen LogP contribution in [0.3, 0.4) is 0 Å². The van der Waals surface area contributed by atoms with Crippen LogP contribution in [0.25, 0.3) is 33.4 Å². The molecule has 0 spiro atoms. The summed E-state index contributed by atoms with van der Waals surface area (Å²) in [5, 5.41) is 18.9. The lowest BCUT2D eigenvalue weighted by Crippen LogP contribution is -2.60. The Morgan fingerprint density at radius 3 is 2.61 bits per heavy atom. The molecule has 4 aromatic rings. The van der Waals surface area contributed by atoms with Gasteiger partial charge in [0, 0.05) is 78.6 Å². The summed E-state index contributed by atoms with van der Waals surface area (Å²) in [6.45, 7) is 14.3. The fourth-order valence-corrected chi connectivity index (χ4v) is 9.33. The zero-order valence-corrected chi connectivity index (χ0v) is 34.6. The lowest BCUT2D eigenvalue weighted by molar-refractivity contribution is -0.155. The molecule has 2 N–H and O–H groups in total. The quantitative estimate of drug-likeness (QED) is 0.261. The maximum atomic E-state index is 14.1. The Morgan fingerprint density at radius 2 is 1.88 bits per heavy atom. The number of rotatable bonds is 5. The normalized spacial score (nSPS) is 24.4. The van der Waals surface area contributed by atoms with E-state index in [0.717, 1.165) is 82.4 Å². The number of cyclic esters (lactones) is 1. The van der Waals surface area contributed by atoms with Crippen molar-refractivity contribution in [2.45, 2.75) is 84.3 Å². The summed E-state index contributed by atoms with van der Waals surface area (Å²) >= 11 is 1.46. The number of amides is 2.